The number of carbonyl (C=O) groups is 1. The summed E-state index contributed by atoms with van der Waals surface area (Å²) < 4.78 is 26.9. The van der Waals surface area contributed by atoms with Crippen LogP contribution in [0.4, 0.5) is 11.4 Å². The van der Waals surface area contributed by atoms with Gasteiger partial charge in [-0.05, 0) is 49.4 Å². The van der Waals surface area contributed by atoms with Crippen LogP contribution in [0.5, 0.6) is 0 Å². The van der Waals surface area contributed by atoms with Crippen LogP contribution in [0.2, 0.25) is 5.02 Å². The Morgan fingerprint density at radius 3 is 2.25 bits per heavy atom. The highest BCUT2D eigenvalue weighted by molar-refractivity contribution is 7.92. The van der Waals surface area contributed by atoms with Crippen molar-refractivity contribution in [3.63, 3.8) is 0 Å². The van der Waals surface area contributed by atoms with Crippen molar-refractivity contribution in [3.8, 4) is 0 Å². The third kappa shape index (κ3) is 4.18. The summed E-state index contributed by atoms with van der Waals surface area (Å²) in [6.45, 7) is 1.89. The van der Waals surface area contributed by atoms with Gasteiger partial charge in [0.15, 0.2) is 0 Å². The first-order chi connectivity index (χ1) is 13.3. The van der Waals surface area contributed by atoms with Gasteiger partial charge >= 0.3 is 0 Å². The van der Waals surface area contributed by atoms with E-state index in [2.05, 4.69) is 5.32 Å². The van der Waals surface area contributed by atoms with Crippen LogP contribution in [0.25, 0.3) is 0 Å². The van der Waals surface area contributed by atoms with Gasteiger partial charge < -0.3 is 5.32 Å². The molecular formula is C21H19ClN2O3S. The fourth-order valence-electron chi connectivity index (χ4n) is 2.61. The molecule has 0 aromatic heterocycles. The Bertz CT molecular complexity index is 1100. The maximum absolute atomic E-state index is 12.9. The normalized spacial score (nSPS) is 11.1. The lowest BCUT2D eigenvalue weighted by Gasteiger charge is -2.20. The molecule has 0 radical (unpaired) electrons. The Hall–Kier alpha value is -2.83. The summed E-state index contributed by atoms with van der Waals surface area (Å²) in [5.41, 5.74) is 2.11. The summed E-state index contributed by atoms with van der Waals surface area (Å²) in [6, 6.07) is 20.1. The molecule has 5 nitrogen and oxygen atoms in total. The lowest BCUT2D eigenvalue weighted by Crippen LogP contribution is -2.27. The minimum Gasteiger partial charge on any atom is -0.322 e. The Kier molecular flexibility index (Phi) is 5.72. The van der Waals surface area contributed by atoms with E-state index >= 15 is 0 Å². The third-order valence-corrected chi connectivity index (χ3v) is 6.40. The molecule has 3 aromatic rings. The molecule has 7 heteroatoms. The number of carbonyl (C=O) groups excluding carboxylic acids is 1. The number of amides is 1. The van der Waals surface area contributed by atoms with Gasteiger partial charge in [0, 0.05) is 12.7 Å². The summed E-state index contributed by atoms with van der Waals surface area (Å²) in [5.74, 6) is -0.417. The largest absolute Gasteiger partial charge is 0.322 e. The van der Waals surface area contributed by atoms with Crippen LogP contribution < -0.4 is 9.62 Å². The molecule has 28 heavy (non-hydrogen) atoms. The molecular weight excluding hydrogens is 396 g/mol. The van der Waals surface area contributed by atoms with Crippen molar-refractivity contribution in [2.24, 2.45) is 0 Å². The van der Waals surface area contributed by atoms with Gasteiger partial charge in [-0.3, -0.25) is 9.10 Å². The van der Waals surface area contributed by atoms with Crippen LogP contribution >= 0.6 is 11.6 Å². The number of anilines is 2. The predicted octanol–water partition coefficient (Wildman–Crippen LogP) is 4.73. The Labute approximate surface area is 169 Å². The Morgan fingerprint density at radius 1 is 0.964 bits per heavy atom. The van der Waals surface area contributed by atoms with Crippen LogP contribution in [0.1, 0.15) is 15.9 Å². The molecule has 0 aliphatic heterocycles. The summed E-state index contributed by atoms with van der Waals surface area (Å²) in [6.07, 6.45) is 0. The number of benzene rings is 3. The first-order valence-corrected chi connectivity index (χ1v) is 10.3. The molecule has 0 aliphatic rings. The van der Waals surface area contributed by atoms with E-state index in [0.717, 1.165) is 9.87 Å². The van der Waals surface area contributed by atoms with Crippen molar-refractivity contribution in [1.29, 1.82) is 0 Å². The maximum atomic E-state index is 12.9. The molecule has 0 unspecified atom stereocenters. The second kappa shape index (κ2) is 8.04. The zero-order valence-corrected chi connectivity index (χ0v) is 17.0. The van der Waals surface area contributed by atoms with Crippen LogP contribution in [0.15, 0.2) is 77.7 Å². The summed E-state index contributed by atoms with van der Waals surface area (Å²) in [5, 5.41) is 2.99. The van der Waals surface area contributed by atoms with E-state index in [4.69, 9.17) is 11.6 Å². The molecule has 1 N–H and O–H groups in total. The van der Waals surface area contributed by atoms with Gasteiger partial charge in [-0.15, -0.1) is 0 Å². The number of nitrogens with zero attached hydrogens (tertiary/aromatic N) is 1. The van der Waals surface area contributed by atoms with Crippen molar-refractivity contribution in [3.05, 3.63) is 88.9 Å². The number of rotatable bonds is 5. The highest BCUT2D eigenvalue weighted by Crippen LogP contribution is 2.27. The summed E-state index contributed by atoms with van der Waals surface area (Å²) >= 11 is 6.18. The molecule has 0 spiro atoms. The van der Waals surface area contributed by atoms with Gasteiger partial charge in [-0.2, -0.15) is 0 Å². The molecule has 0 atom stereocenters. The fourth-order valence-corrected chi connectivity index (χ4v) is 4.00. The van der Waals surface area contributed by atoms with E-state index in [1.165, 1.54) is 19.2 Å². The molecule has 144 valence electrons. The predicted molar refractivity (Wildman–Crippen MR) is 113 cm³/mol. The van der Waals surface area contributed by atoms with E-state index in [-0.39, 0.29) is 15.5 Å². The van der Waals surface area contributed by atoms with Gasteiger partial charge in [-0.1, -0.05) is 47.5 Å². The number of halogens is 1. The monoisotopic (exact) mass is 414 g/mol. The number of hydrogen-bond donors (Lipinski definition) is 1. The minimum atomic E-state index is -3.76. The van der Waals surface area contributed by atoms with Crippen LogP contribution in [0, 0.1) is 6.92 Å². The van der Waals surface area contributed by atoms with Crippen LogP contribution in [-0.4, -0.2) is 21.4 Å². The number of para-hydroxylation sites is 1. The standard InChI is InChI=1S/C21H19ClN2O3S/c1-15-8-11-18(12-9-15)28(26,27)24(2)17-10-13-20(22)19(14-17)21(25)23-16-6-4-3-5-7-16/h3-14H,1-2H3,(H,23,25). The van der Waals surface area contributed by atoms with Gasteiger partial charge in [0.05, 0.1) is 21.2 Å². The van der Waals surface area contributed by atoms with Crippen molar-refractivity contribution in [2.45, 2.75) is 11.8 Å². The lowest BCUT2D eigenvalue weighted by atomic mass is 10.1. The second-order valence-electron chi connectivity index (χ2n) is 6.27. The highest BCUT2D eigenvalue weighted by atomic mass is 35.5. The SMILES string of the molecule is Cc1ccc(S(=O)(=O)N(C)c2ccc(Cl)c(C(=O)Nc3ccccc3)c2)cc1. The smallest absolute Gasteiger partial charge is 0.264 e. The molecule has 0 fully saturated rings. The van der Waals surface area contributed by atoms with Crippen molar-refractivity contribution in [2.75, 3.05) is 16.7 Å². The van der Waals surface area contributed by atoms with Crippen molar-refractivity contribution in [1.82, 2.24) is 0 Å². The topological polar surface area (TPSA) is 66.5 Å². The number of sulfonamides is 1. The number of nitrogens with one attached hydrogen (secondary N) is 1. The zero-order chi connectivity index (χ0) is 20.3. The van der Waals surface area contributed by atoms with Gasteiger partial charge in [-0.25, -0.2) is 8.42 Å². The number of hydrogen-bond acceptors (Lipinski definition) is 3. The third-order valence-electron chi connectivity index (χ3n) is 4.27. The molecule has 0 heterocycles. The van der Waals surface area contributed by atoms with Gasteiger partial charge in [0.2, 0.25) is 0 Å². The van der Waals surface area contributed by atoms with Gasteiger partial charge in [0.1, 0.15) is 0 Å². The van der Waals surface area contributed by atoms with Crippen molar-refractivity contribution >= 4 is 38.9 Å². The van der Waals surface area contributed by atoms with E-state index < -0.39 is 15.9 Å². The van der Waals surface area contributed by atoms with Crippen molar-refractivity contribution < 1.29 is 13.2 Å². The fraction of sp³-hybridized carbons (Fsp3) is 0.0952. The summed E-state index contributed by atoms with van der Waals surface area (Å²) in [7, 11) is -2.32. The molecule has 3 rings (SSSR count). The Balaban J connectivity index is 1.91. The molecule has 0 bridgehead atoms. The van der Waals surface area contributed by atoms with E-state index in [0.29, 0.717) is 11.4 Å². The quantitative estimate of drug-likeness (QED) is 0.656. The first-order valence-electron chi connectivity index (χ1n) is 8.50. The van der Waals surface area contributed by atoms with E-state index in [1.807, 2.05) is 13.0 Å². The maximum Gasteiger partial charge on any atom is 0.264 e. The second-order valence-corrected chi connectivity index (χ2v) is 8.65. The molecule has 1 amide bonds. The van der Waals surface area contributed by atoms with Crippen LogP contribution in [0.3, 0.4) is 0 Å². The number of aryl methyl sites for hydroxylation is 1. The first kappa shape index (κ1) is 19.9. The molecule has 0 saturated carbocycles. The summed E-state index contributed by atoms with van der Waals surface area (Å²) in [4.78, 5) is 12.8. The highest BCUT2D eigenvalue weighted by Gasteiger charge is 2.23. The molecule has 3 aromatic carbocycles. The van der Waals surface area contributed by atoms with Gasteiger partial charge in [0.25, 0.3) is 15.9 Å². The van der Waals surface area contributed by atoms with E-state index in [1.54, 1.807) is 54.6 Å². The Morgan fingerprint density at radius 2 is 1.61 bits per heavy atom. The zero-order valence-electron chi connectivity index (χ0n) is 15.4. The van der Waals surface area contributed by atoms with E-state index in [9.17, 15) is 13.2 Å². The molecule has 0 aliphatic carbocycles. The minimum absolute atomic E-state index is 0.172. The molecule has 0 saturated heterocycles. The lowest BCUT2D eigenvalue weighted by molar-refractivity contribution is 0.102. The van der Waals surface area contributed by atoms with Crippen LogP contribution in [-0.2, 0) is 10.0 Å². The average molecular weight is 415 g/mol. The average Bonchev–Trinajstić information content (AvgIpc) is 2.69.